The van der Waals surface area contributed by atoms with E-state index in [1.54, 1.807) is 0 Å². The molecule has 0 fully saturated rings. The van der Waals surface area contributed by atoms with E-state index in [2.05, 4.69) is 17.1 Å². The van der Waals surface area contributed by atoms with E-state index >= 15 is 0 Å². The minimum Gasteiger partial charge on any atom is -0.320 e. The van der Waals surface area contributed by atoms with Gasteiger partial charge in [0.2, 0.25) is 0 Å². The zero-order chi connectivity index (χ0) is 14.1. The highest BCUT2D eigenvalue weighted by Crippen LogP contribution is 2.25. The summed E-state index contributed by atoms with van der Waals surface area (Å²) in [7, 11) is 0. The molecule has 0 saturated heterocycles. The Balaban J connectivity index is 2.05. The molecule has 0 amide bonds. The molecular formula is C17H15ClN2. The van der Waals surface area contributed by atoms with E-state index in [-0.39, 0.29) is 6.04 Å². The molecule has 3 heteroatoms. The van der Waals surface area contributed by atoms with Crippen molar-refractivity contribution in [3.05, 3.63) is 76.4 Å². The van der Waals surface area contributed by atoms with E-state index in [0.29, 0.717) is 5.02 Å². The zero-order valence-electron chi connectivity index (χ0n) is 11.2. The van der Waals surface area contributed by atoms with E-state index in [1.165, 1.54) is 0 Å². The first-order valence-corrected chi connectivity index (χ1v) is 6.88. The Hall–Kier alpha value is -1.90. The van der Waals surface area contributed by atoms with Gasteiger partial charge in [0.25, 0.3) is 0 Å². The lowest BCUT2D eigenvalue weighted by Gasteiger charge is -2.14. The summed E-state index contributed by atoms with van der Waals surface area (Å²) < 4.78 is 0. The number of hydrogen-bond donors (Lipinski definition) is 1. The topological polar surface area (TPSA) is 38.9 Å². The standard InChI is InChI=1S/C17H15ClN2/c1-11-6-13(9-15(18)7-11)17(19)14-8-12-4-2-3-5-16(12)20-10-14/h2-10,17H,19H2,1H3. The van der Waals surface area contributed by atoms with Gasteiger partial charge in [-0.3, -0.25) is 4.98 Å². The largest absolute Gasteiger partial charge is 0.320 e. The fourth-order valence-electron chi connectivity index (χ4n) is 2.39. The van der Waals surface area contributed by atoms with Crippen LogP contribution < -0.4 is 5.73 Å². The average molecular weight is 283 g/mol. The number of hydrogen-bond acceptors (Lipinski definition) is 2. The van der Waals surface area contributed by atoms with Crippen molar-refractivity contribution in [1.29, 1.82) is 0 Å². The van der Waals surface area contributed by atoms with Gasteiger partial charge in [0.1, 0.15) is 0 Å². The summed E-state index contributed by atoms with van der Waals surface area (Å²) in [5.74, 6) is 0. The highest BCUT2D eigenvalue weighted by molar-refractivity contribution is 6.30. The molecule has 0 bridgehead atoms. The molecule has 2 aromatic carbocycles. The van der Waals surface area contributed by atoms with E-state index in [1.807, 2.05) is 49.5 Å². The maximum atomic E-state index is 6.35. The maximum absolute atomic E-state index is 6.35. The van der Waals surface area contributed by atoms with Crippen molar-refractivity contribution in [2.24, 2.45) is 5.73 Å². The van der Waals surface area contributed by atoms with Gasteiger partial charge in [0.15, 0.2) is 0 Å². The van der Waals surface area contributed by atoms with Crippen molar-refractivity contribution in [2.45, 2.75) is 13.0 Å². The number of aromatic nitrogens is 1. The predicted octanol–water partition coefficient (Wildman–Crippen LogP) is 4.24. The summed E-state index contributed by atoms with van der Waals surface area (Å²) in [5, 5.41) is 1.81. The summed E-state index contributed by atoms with van der Waals surface area (Å²) >= 11 is 6.11. The number of pyridine rings is 1. The van der Waals surface area contributed by atoms with E-state index in [4.69, 9.17) is 17.3 Å². The molecule has 2 N–H and O–H groups in total. The van der Waals surface area contributed by atoms with Crippen molar-refractivity contribution in [1.82, 2.24) is 4.98 Å². The molecule has 3 aromatic rings. The van der Waals surface area contributed by atoms with Crippen LogP contribution >= 0.6 is 11.6 Å². The minimum atomic E-state index is -0.218. The third-order valence-corrected chi connectivity index (χ3v) is 3.61. The third-order valence-electron chi connectivity index (χ3n) is 3.39. The van der Waals surface area contributed by atoms with Gasteiger partial charge in [-0.2, -0.15) is 0 Å². The summed E-state index contributed by atoms with van der Waals surface area (Å²) in [6.07, 6.45) is 1.84. The van der Waals surface area contributed by atoms with Crippen LogP contribution in [-0.2, 0) is 0 Å². The zero-order valence-corrected chi connectivity index (χ0v) is 11.9. The summed E-state index contributed by atoms with van der Waals surface area (Å²) in [5.41, 5.74) is 10.4. The van der Waals surface area contributed by atoms with Gasteiger partial charge < -0.3 is 5.73 Å². The molecule has 0 saturated carbocycles. The molecule has 0 aliphatic heterocycles. The second kappa shape index (κ2) is 5.23. The molecule has 1 aromatic heterocycles. The third kappa shape index (κ3) is 2.53. The Morgan fingerprint density at radius 2 is 1.85 bits per heavy atom. The lowest BCUT2D eigenvalue weighted by molar-refractivity contribution is 0.865. The van der Waals surface area contributed by atoms with Gasteiger partial charge in [0, 0.05) is 16.6 Å². The Bertz CT molecular complexity index is 748. The number of fused-ring (bicyclic) bond motifs is 1. The SMILES string of the molecule is Cc1cc(Cl)cc(C(N)c2cnc3ccccc3c2)c1. The fourth-order valence-corrected chi connectivity index (χ4v) is 2.69. The fraction of sp³-hybridized carbons (Fsp3) is 0.118. The molecular weight excluding hydrogens is 268 g/mol. The molecule has 1 heterocycles. The predicted molar refractivity (Wildman–Crippen MR) is 84.0 cm³/mol. The van der Waals surface area contributed by atoms with Crippen molar-refractivity contribution in [2.75, 3.05) is 0 Å². The molecule has 2 nitrogen and oxygen atoms in total. The second-order valence-corrected chi connectivity index (χ2v) is 5.44. The monoisotopic (exact) mass is 282 g/mol. The summed E-state index contributed by atoms with van der Waals surface area (Å²) in [6.45, 7) is 2.01. The number of para-hydroxylation sites is 1. The number of aryl methyl sites for hydroxylation is 1. The minimum absolute atomic E-state index is 0.218. The van der Waals surface area contributed by atoms with Crippen LogP contribution in [0.3, 0.4) is 0 Å². The van der Waals surface area contributed by atoms with Gasteiger partial charge in [-0.05, 0) is 47.9 Å². The number of benzene rings is 2. The lowest BCUT2D eigenvalue weighted by Crippen LogP contribution is -2.12. The van der Waals surface area contributed by atoms with E-state index in [9.17, 15) is 0 Å². The number of halogens is 1. The summed E-state index contributed by atoms with van der Waals surface area (Å²) in [4.78, 5) is 4.46. The first-order chi connectivity index (χ1) is 9.63. The molecule has 0 aliphatic carbocycles. The smallest absolute Gasteiger partial charge is 0.0702 e. The Morgan fingerprint density at radius 1 is 1.05 bits per heavy atom. The van der Waals surface area contributed by atoms with Crippen molar-refractivity contribution < 1.29 is 0 Å². The Labute approximate surface area is 123 Å². The molecule has 0 spiro atoms. The van der Waals surface area contributed by atoms with Crippen LogP contribution in [0.5, 0.6) is 0 Å². The molecule has 3 rings (SSSR count). The quantitative estimate of drug-likeness (QED) is 0.763. The maximum Gasteiger partial charge on any atom is 0.0702 e. The molecule has 100 valence electrons. The number of nitrogens with two attached hydrogens (primary N) is 1. The van der Waals surface area contributed by atoms with Crippen LogP contribution in [0.4, 0.5) is 0 Å². The highest BCUT2D eigenvalue weighted by Gasteiger charge is 2.11. The second-order valence-electron chi connectivity index (χ2n) is 5.00. The Kier molecular flexibility index (Phi) is 3.43. The first kappa shape index (κ1) is 13.1. The van der Waals surface area contributed by atoms with E-state index < -0.39 is 0 Å². The van der Waals surface area contributed by atoms with Gasteiger partial charge in [0.05, 0.1) is 11.6 Å². The number of nitrogens with zero attached hydrogens (tertiary/aromatic N) is 1. The van der Waals surface area contributed by atoms with Crippen LogP contribution in [-0.4, -0.2) is 4.98 Å². The highest BCUT2D eigenvalue weighted by atomic mass is 35.5. The average Bonchev–Trinajstić information content (AvgIpc) is 2.45. The Morgan fingerprint density at radius 3 is 2.65 bits per heavy atom. The van der Waals surface area contributed by atoms with Crippen LogP contribution in [0.25, 0.3) is 10.9 Å². The lowest BCUT2D eigenvalue weighted by atomic mass is 9.98. The molecule has 0 radical (unpaired) electrons. The van der Waals surface area contributed by atoms with Crippen LogP contribution in [0.2, 0.25) is 5.02 Å². The van der Waals surface area contributed by atoms with Gasteiger partial charge in [-0.1, -0.05) is 35.9 Å². The summed E-state index contributed by atoms with van der Waals surface area (Å²) in [6, 6.07) is 15.8. The van der Waals surface area contributed by atoms with Crippen molar-refractivity contribution in [3.63, 3.8) is 0 Å². The van der Waals surface area contributed by atoms with Gasteiger partial charge in [-0.15, -0.1) is 0 Å². The first-order valence-electron chi connectivity index (χ1n) is 6.51. The van der Waals surface area contributed by atoms with Gasteiger partial charge >= 0.3 is 0 Å². The normalized spacial score (nSPS) is 12.6. The van der Waals surface area contributed by atoms with Crippen molar-refractivity contribution in [3.8, 4) is 0 Å². The molecule has 0 aliphatic rings. The van der Waals surface area contributed by atoms with Crippen molar-refractivity contribution >= 4 is 22.5 Å². The van der Waals surface area contributed by atoms with Crippen LogP contribution in [0.1, 0.15) is 22.7 Å². The number of rotatable bonds is 2. The molecule has 20 heavy (non-hydrogen) atoms. The van der Waals surface area contributed by atoms with Crippen LogP contribution in [0.15, 0.2) is 54.7 Å². The van der Waals surface area contributed by atoms with Crippen LogP contribution in [0, 0.1) is 6.92 Å². The molecule has 1 atom stereocenters. The van der Waals surface area contributed by atoms with Gasteiger partial charge in [-0.25, -0.2) is 0 Å². The van der Waals surface area contributed by atoms with E-state index in [0.717, 1.165) is 27.6 Å². The molecule has 1 unspecified atom stereocenters.